The topological polar surface area (TPSA) is 35.6 Å². The minimum Gasteiger partial charge on any atom is -0.346 e. The van der Waals surface area contributed by atoms with Crippen molar-refractivity contribution in [1.29, 1.82) is 0 Å². The Kier molecular flexibility index (Phi) is 8.21. The van der Waals surface area contributed by atoms with E-state index in [-0.39, 0.29) is 5.91 Å². The first kappa shape index (κ1) is 15.4. The van der Waals surface area contributed by atoms with Crippen LogP contribution in [-0.4, -0.2) is 62.5 Å². The summed E-state index contributed by atoms with van der Waals surface area (Å²) in [4.78, 5) is 15.6. The van der Waals surface area contributed by atoms with Crippen LogP contribution in [0, 0.1) is 0 Å². The average molecular weight is 229 g/mol. The van der Waals surface area contributed by atoms with E-state index in [1.807, 2.05) is 26.0 Å². The summed E-state index contributed by atoms with van der Waals surface area (Å²) in [6, 6.07) is 0.451. The van der Waals surface area contributed by atoms with Crippen molar-refractivity contribution < 1.29 is 4.79 Å². The second-order valence-corrected chi connectivity index (χ2v) is 4.83. The highest BCUT2D eigenvalue weighted by Gasteiger charge is 2.07. The van der Waals surface area contributed by atoms with Crippen molar-refractivity contribution in [2.24, 2.45) is 0 Å². The summed E-state index contributed by atoms with van der Waals surface area (Å²) in [6.07, 6.45) is 1.63. The molecule has 0 rings (SSSR count). The summed E-state index contributed by atoms with van der Waals surface area (Å²) >= 11 is 0. The van der Waals surface area contributed by atoms with E-state index in [0.29, 0.717) is 12.5 Å². The normalized spacial score (nSPS) is 11.2. The van der Waals surface area contributed by atoms with Crippen LogP contribution >= 0.6 is 0 Å². The Morgan fingerprint density at radius 2 is 1.81 bits per heavy atom. The molecular formula is C12H27N3O. The molecule has 0 aromatic carbocycles. The van der Waals surface area contributed by atoms with Gasteiger partial charge < -0.3 is 15.1 Å². The monoisotopic (exact) mass is 229 g/mol. The van der Waals surface area contributed by atoms with E-state index in [9.17, 15) is 4.79 Å². The molecule has 0 saturated carbocycles. The molecular weight excluding hydrogens is 202 g/mol. The highest BCUT2D eigenvalue weighted by atomic mass is 16.2. The number of nitrogens with zero attached hydrogens (tertiary/aromatic N) is 2. The van der Waals surface area contributed by atoms with Gasteiger partial charge in [0.1, 0.15) is 0 Å². The highest BCUT2D eigenvalue weighted by molar-refractivity contribution is 5.76. The molecule has 0 aliphatic carbocycles. The minimum atomic E-state index is 0.229. The van der Waals surface area contributed by atoms with E-state index < -0.39 is 0 Å². The number of amides is 1. The van der Waals surface area contributed by atoms with Gasteiger partial charge in [0.15, 0.2) is 0 Å². The third kappa shape index (κ3) is 8.68. The number of nitrogens with one attached hydrogen (secondary N) is 1. The number of rotatable bonds is 8. The molecule has 0 aromatic heterocycles. The molecule has 0 aromatic rings. The zero-order valence-corrected chi connectivity index (χ0v) is 11.4. The van der Waals surface area contributed by atoms with Crippen molar-refractivity contribution in [3.05, 3.63) is 0 Å². The highest BCUT2D eigenvalue weighted by Crippen LogP contribution is 1.94. The summed E-state index contributed by atoms with van der Waals surface area (Å²) < 4.78 is 0. The number of carbonyl (C=O) groups is 1. The second-order valence-electron chi connectivity index (χ2n) is 4.83. The van der Waals surface area contributed by atoms with Gasteiger partial charge in [-0.3, -0.25) is 4.79 Å². The second kappa shape index (κ2) is 8.53. The molecule has 4 heteroatoms. The van der Waals surface area contributed by atoms with Gasteiger partial charge in [0, 0.05) is 32.6 Å². The van der Waals surface area contributed by atoms with E-state index >= 15 is 0 Å². The fourth-order valence-corrected chi connectivity index (χ4v) is 1.41. The maximum atomic E-state index is 11.7. The number of carbonyl (C=O) groups excluding carboxylic acids is 1. The van der Waals surface area contributed by atoms with E-state index in [1.165, 1.54) is 0 Å². The van der Waals surface area contributed by atoms with Crippen LogP contribution in [0.25, 0.3) is 0 Å². The fourth-order valence-electron chi connectivity index (χ4n) is 1.41. The van der Waals surface area contributed by atoms with Gasteiger partial charge in [0.25, 0.3) is 0 Å². The molecule has 96 valence electrons. The molecule has 0 spiro atoms. The molecule has 0 saturated heterocycles. The SMILES string of the molecule is CC(C)NCCC(=O)N(C)CCCN(C)C. The van der Waals surface area contributed by atoms with Gasteiger partial charge in [-0.25, -0.2) is 0 Å². The molecule has 0 aliphatic rings. The van der Waals surface area contributed by atoms with Gasteiger partial charge in [0.05, 0.1) is 0 Å². The molecule has 0 radical (unpaired) electrons. The average Bonchev–Trinajstić information content (AvgIpc) is 2.16. The predicted octanol–water partition coefficient (Wildman–Crippen LogP) is 0.785. The summed E-state index contributed by atoms with van der Waals surface area (Å²) in [6.45, 7) is 6.83. The molecule has 0 atom stereocenters. The minimum absolute atomic E-state index is 0.229. The lowest BCUT2D eigenvalue weighted by Gasteiger charge is -2.19. The molecule has 4 nitrogen and oxygen atoms in total. The predicted molar refractivity (Wildman–Crippen MR) is 68.6 cm³/mol. The molecule has 0 fully saturated rings. The number of hydrogen-bond acceptors (Lipinski definition) is 3. The van der Waals surface area contributed by atoms with Crippen molar-refractivity contribution in [1.82, 2.24) is 15.1 Å². The fraction of sp³-hybridized carbons (Fsp3) is 0.917. The van der Waals surface area contributed by atoms with Gasteiger partial charge in [-0.1, -0.05) is 13.8 Å². The molecule has 1 amide bonds. The number of hydrogen-bond donors (Lipinski definition) is 1. The third-order valence-electron chi connectivity index (χ3n) is 2.42. The Bertz CT molecular complexity index is 193. The van der Waals surface area contributed by atoms with Crippen LogP contribution in [0.15, 0.2) is 0 Å². The molecule has 1 N–H and O–H groups in total. The Morgan fingerprint density at radius 1 is 1.19 bits per heavy atom. The Labute approximate surface area is 100.0 Å². The van der Waals surface area contributed by atoms with Gasteiger partial charge in [-0.05, 0) is 27.1 Å². The Morgan fingerprint density at radius 3 is 2.31 bits per heavy atom. The van der Waals surface area contributed by atoms with Gasteiger partial charge in [0.2, 0.25) is 5.91 Å². The third-order valence-corrected chi connectivity index (χ3v) is 2.42. The van der Waals surface area contributed by atoms with E-state index in [0.717, 1.165) is 26.1 Å². The summed E-state index contributed by atoms with van der Waals surface area (Å²) in [7, 11) is 5.98. The van der Waals surface area contributed by atoms with Crippen LogP contribution in [-0.2, 0) is 4.79 Å². The standard InChI is InChI=1S/C12H27N3O/c1-11(2)13-8-7-12(16)15(5)10-6-9-14(3)4/h11,13H,6-10H2,1-5H3. The molecule has 0 heterocycles. The van der Waals surface area contributed by atoms with Crippen molar-refractivity contribution in [3.8, 4) is 0 Å². The van der Waals surface area contributed by atoms with E-state index in [4.69, 9.17) is 0 Å². The van der Waals surface area contributed by atoms with Crippen LogP contribution in [0.3, 0.4) is 0 Å². The van der Waals surface area contributed by atoms with Crippen molar-refractivity contribution in [3.63, 3.8) is 0 Å². The van der Waals surface area contributed by atoms with Crippen LogP contribution in [0.2, 0.25) is 0 Å². The summed E-state index contributed by atoms with van der Waals surface area (Å²) in [5.74, 6) is 0.229. The quantitative estimate of drug-likeness (QED) is 0.668. The van der Waals surface area contributed by atoms with Crippen molar-refractivity contribution >= 4 is 5.91 Å². The largest absolute Gasteiger partial charge is 0.346 e. The molecule has 0 bridgehead atoms. The van der Waals surface area contributed by atoms with Crippen LogP contribution < -0.4 is 5.32 Å². The zero-order chi connectivity index (χ0) is 12.6. The Hall–Kier alpha value is -0.610. The molecule has 0 unspecified atom stereocenters. The maximum absolute atomic E-state index is 11.7. The van der Waals surface area contributed by atoms with Crippen molar-refractivity contribution in [2.75, 3.05) is 40.8 Å². The molecule has 16 heavy (non-hydrogen) atoms. The molecule has 0 aliphatic heterocycles. The first-order valence-corrected chi connectivity index (χ1v) is 6.05. The van der Waals surface area contributed by atoms with Crippen LogP contribution in [0.4, 0.5) is 0 Å². The lowest BCUT2D eigenvalue weighted by molar-refractivity contribution is -0.129. The first-order valence-electron chi connectivity index (χ1n) is 6.05. The lowest BCUT2D eigenvalue weighted by Crippen LogP contribution is -2.33. The van der Waals surface area contributed by atoms with Crippen LogP contribution in [0.1, 0.15) is 26.7 Å². The maximum Gasteiger partial charge on any atom is 0.223 e. The Balaban J connectivity index is 3.57. The van der Waals surface area contributed by atoms with E-state index in [2.05, 4.69) is 24.1 Å². The summed E-state index contributed by atoms with van der Waals surface area (Å²) in [5, 5.41) is 3.25. The zero-order valence-electron chi connectivity index (χ0n) is 11.4. The van der Waals surface area contributed by atoms with Gasteiger partial charge >= 0.3 is 0 Å². The van der Waals surface area contributed by atoms with Crippen LogP contribution in [0.5, 0.6) is 0 Å². The van der Waals surface area contributed by atoms with Gasteiger partial charge in [-0.2, -0.15) is 0 Å². The van der Waals surface area contributed by atoms with Crippen molar-refractivity contribution in [2.45, 2.75) is 32.7 Å². The first-order chi connectivity index (χ1) is 7.43. The van der Waals surface area contributed by atoms with E-state index in [1.54, 1.807) is 0 Å². The summed E-state index contributed by atoms with van der Waals surface area (Å²) in [5.41, 5.74) is 0. The smallest absolute Gasteiger partial charge is 0.223 e. The van der Waals surface area contributed by atoms with Gasteiger partial charge in [-0.15, -0.1) is 0 Å². The lowest BCUT2D eigenvalue weighted by atomic mass is 10.3.